The number of anilines is 1. The van der Waals surface area contributed by atoms with Crippen LogP contribution >= 0.6 is 0 Å². The van der Waals surface area contributed by atoms with E-state index in [0.29, 0.717) is 37.7 Å². The maximum Gasteiger partial charge on any atom is 0.244 e. The summed E-state index contributed by atoms with van der Waals surface area (Å²) >= 11 is 0. The Balaban J connectivity index is 1.79. The van der Waals surface area contributed by atoms with Gasteiger partial charge in [-0.2, -0.15) is 5.21 Å². The number of aromatic nitrogens is 4. The van der Waals surface area contributed by atoms with E-state index in [1.54, 1.807) is 0 Å². The molecule has 2 aromatic rings. The largest absolute Gasteiger partial charge is 0.379 e. The van der Waals surface area contributed by atoms with Gasteiger partial charge in [0.15, 0.2) is 0 Å². The van der Waals surface area contributed by atoms with E-state index in [-0.39, 0.29) is 11.6 Å². The van der Waals surface area contributed by atoms with Crippen LogP contribution in [0, 0.1) is 5.82 Å². The number of hydrogen-bond donors (Lipinski definition) is 2. The molecule has 9 heteroatoms. The summed E-state index contributed by atoms with van der Waals surface area (Å²) in [5, 5.41) is 16.2. The van der Waals surface area contributed by atoms with Crippen molar-refractivity contribution in [2.24, 2.45) is 0 Å². The minimum absolute atomic E-state index is 0.0867. The molecule has 0 saturated carbocycles. The fourth-order valence-electron chi connectivity index (χ4n) is 2.59. The molecule has 128 valence electrons. The molecule has 0 bridgehead atoms. The molecule has 0 aliphatic carbocycles. The molecule has 1 saturated heterocycles. The highest BCUT2D eigenvalue weighted by Crippen LogP contribution is 2.24. The normalized spacial score (nSPS) is 16.1. The lowest BCUT2D eigenvalue weighted by atomic mass is 10.0. The lowest BCUT2D eigenvalue weighted by Crippen LogP contribution is -2.56. The Morgan fingerprint density at radius 1 is 1.38 bits per heavy atom. The van der Waals surface area contributed by atoms with Gasteiger partial charge in [0.1, 0.15) is 5.82 Å². The van der Waals surface area contributed by atoms with E-state index in [0.717, 1.165) is 0 Å². The molecule has 0 unspecified atom stereocenters. The first kappa shape index (κ1) is 16.5. The Hall–Kier alpha value is -2.39. The number of tetrazole rings is 1. The summed E-state index contributed by atoms with van der Waals surface area (Å²) < 4.78 is 19.4. The first-order chi connectivity index (χ1) is 11.5. The number of carbonyl (C=O) groups excluding carboxylic acids is 1. The Kier molecular flexibility index (Phi) is 4.54. The van der Waals surface area contributed by atoms with E-state index in [1.807, 2.05) is 18.7 Å². The third kappa shape index (κ3) is 3.26. The van der Waals surface area contributed by atoms with Crippen LogP contribution in [-0.2, 0) is 9.53 Å². The van der Waals surface area contributed by atoms with Gasteiger partial charge in [-0.25, -0.2) is 4.39 Å². The van der Waals surface area contributed by atoms with Crippen molar-refractivity contribution in [3.63, 3.8) is 0 Å². The summed E-state index contributed by atoms with van der Waals surface area (Å²) in [6.45, 7) is 6.11. The number of amides is 1. The second-order valence-electron chi connectivity index (χ2n) is 6.04. The van der Waals surface area contributed by atoms with Crippen LogP contribution in [0.4, 0.5) is 10.1 Å². The van der Waals surface area contributed by atoms with Gasteiger partial charge < -0.3 is 10.1 Å². The molecule has 0 atom stereocenters. The topological polar surface area (TPSA) is 96.0 Å². The standard InChI is InChI=1S/C15H19FN6O2/c1-15(2,22-5-7-24-8-6-22)14(23)17-12-9-10(3-4-11(12)16)13-18-20-21-19-13/h3-4,9H,5-8H2,1-2H3,(H,17,23)(H,18,19,20,21). The lowest BCUT2D eigenvalue weighted by Gasteiger charge is -2.39. The maximum atomic E-state index is 14.1. The highest BCUT2D eigenvalue weighted by molar-refractivity contribution is 5.98. The molecule has 1 aliphatic heterocycles. The number of aromatic amines is 1. The number of nitrogens with zero attached hydrogens (tertiary/aromatic N) is 4. The summed E-state index contributed by atoms with van der Waals surface area (Å²) in [6.07, 6.45) is 0. The Bertz CT molecular complexity index is 713. The van der Waals surface area contributed by atoms with Crippen LogP contribution in [0.5, 0.6) is 0 Å². The van der Waals surface area contributed by atoms with Gasteiger partial charge in [-0.1, -0.05) is 0 Å². The molecule has 24 heavy (non-hydrogen) atoms. The zero-order valence-electron chi connectivity index (χ0n) is 13.5. The van der Waals surface area contributed by atoms with Crippen LogP contribution in [0.2, 0.25) is 0 Å². The summed E-state index contributed by atoms with van der Waals surface area (Å²) in [4.78, 5) is 14.7. The van der Waals surface area contributed by atoms with E-state index in [4.69, 9.17) is 4.74 Å². The van der Waals surface area contributed by atoms with E-state index in [2.05, 4.69) is 25.9 Å². The van der Waals surface area contributed by atoms with Crippen LogP contribution in [-0.4, -0.2) is 63.3 Å². The van der Waals surface area contributed by atoms with Gasteiger partial charge in [0.05, 0.1) is 24.4 Å². The predicted molar refractivity (Wildman–Crippen MR) is 84.7 cm³/mol. The number of benzene rings is 1. The third-order valence-corrected chi connectivity index (χ3v) is 4.18. The number of hydrogen-bond acceptors (Lipinski definition) is 6. The Morgan fingerprint density at radius 2 is 2.12 bits per heavy atom. The molecule has 3 rings (SSSR count). The highest BCUT2D eigenvalue weighted by Gasteiger charge is 2.35. The number of morpholine rings is 1. The molecule has 2 heterocycles. The molecular formula is C15H19FN6O2. The zero-order valence-corrected chi connectivity index (χ0v) is 13.5. The van der Waals surface area contributed by atoms with Gasteiger partial charge in [0.2, 0.25) is 11.7 Å². The molecular weight excluding hydrogens is 315 g/mol. The molecule has 1 amide bonds. The fourth-order valence-corrected chi connectivity index (χ4v) is 2.59. The summed E-state index contributed by atoms with van der Waals surface area (Å²) in [6, 6.07) is 4.29. The molecule has 1 aliphatic rings. The van der Waals surface area contributed by atoms with Gasteiger partial charge in [-0.15, -0.1) is 10.2 Å². The monoisotopic (exact) mass is 334 g/mol. The zero-order chi connectivity index (χ0) is 17.2. The van der Waals surface area contributed by atoms with Crippen LogP contribution < -0.4 is 5.32 Å². The van der Waals surface area contributed by atoms with Crippen molar-refractivity contribution >= 4 is 11.6 Å². The number of rotatable bonds is 4. The molecule has 1 fully saturated rings. The molecule has 1 aromatic heterocycles. The molecule has 8 nitrogen and oxygen atoms in total. The van der Waals surface area contributed by atoms with Crippen LogP contribution in [0.3, 0.4) is 0 Å². The van der Waals surface area contributed by atoms with Crippen molar-refractivity contribution in [1.82, 2.24) is 25.5 Å². The SMILES string of the molecule is CC(C)(C(=O)Nc1cc(-c2nn[nH]n2)ccc1F)N1CCOCC1. The second kappa shape index (κ2) is 6.62. The van der Waals surface area contributed by atoms with Crippen molar-refractivity contribution in [2.45, 2.75) is 19.4 Å². The van der Waals surface area contributed by atoms with Gasteiger partial charge >= 0.3 is 0 Å². The average molecular weight is 334 g/mol. The predicted octanol–water partition coefficient (Wildman–Crippen LogP) is 1.06. The first-order valence-electron chi connectivity index (χ1n) is 7.66. The smallest absolute Gasteiger partial charge is 0.244 e. The number of H-pyrrole nitrogens is 1. The van der Waals surface area contributed by atoms with Crippen molar-refractivity contribution < 1.29 is 13.9 Å². The molecule has 2 N–H and O–H groups in total. The highest BCUT2D eigenvalue weighted by atomic mass is 19.1. The van der Waals surface area contributed by atoms with Crippen LogP contribution in [0.1, 0.15) is 13.8 Å². The number of carbonyl (C=O) groups is 1. The fraction of sp³-hybridized carbons (Fsp3) is 0.467. The quantitative estimate of drug-likeness (QED) is 0.868. The van der Waals surface area contributed by atoms with Gasteiger partial charge in [0.25, 0.3) is 0 Å². The van der Waals surface area contributed by atoms with Crippen molar-refractivity contribution in [2.75, 3.05) is 31.6 Å². The minimum Gasteiger partial charge on any atom is -0.379 e. The molecule has 0 spiro atoms. The summed E-state index contributed by atoms with van der Waals surface area (Å²) in [5.41, 5.74) is -0.133. The van der Waals surface area contributed by atoms with E-state index in [1.165, 1.54) is 18.2 Å². The first-order valence-corrected chi connectivity index (χ1v) is 7.66. The van der Waals surface area contributed by atoms with Crippen LogP contribution in [0.25, 0.3) is 11.4 Å². The van der Waals surface area contributed by atoms with E-state index in [9.17, 15) is 9.18 Å². The van der Waals surface area contributed by atoms with Crippen molar-refractivity contribution in [3.8, 4) is 11.4 Å². The Labute approximate surface area is 138 Å². The van der Waals surface area contributed by atoms with Crippen molar-refractivity contribution in [1.29, 1.82) is 0 Å². The van der Waals surface area contributed by atoms with Gasteiger partial charge in [0, 0.05) is 18.7 Å². The number of halogens is 1. The molecule has 0 radical (unpaired) electrons. The van der Waals surface area contributed by atoms with Gasteiger partial charge in [-0.05, 0) is 37.3 Å². The maximum absolute atomic E-state index is 14.1. The van der Waals surface area contributed by atoms with E-state index >= 15 is 0 Å². The van der Waals surface area contributed by atoms with E-state index < -0.39 is 11.4 Å². The minimum atomic E-state index is -0.779. The summed E-state index contributed by atoms with van der Waals surface area (Å²) in [5.74, 6) is -0.472. The third-order valence-electron chi connectivity index (χ3n) is 4.18. The van der Waals surface area contributed by atoms with Gasteiger partial charge in [-0.3, -0.25) is 9.69 Å². The van der Waals surface area contributed by atoms with Crippen molar-refractivity contribution in [3.05, 3.63) is 24.0 Å². The second-order valence-corrected chi connectivity index (χ2v) is 6.04. The number of ether oxygens (including phenoxy) is 1. The average Bonchev–Trinajstić information content (AvgIpc) is 3.12. The lowest BCUT2D eigenvalue weighted by molar-refractivity contribution is -0.129. The number of nitrogens with one attached hydrogen (secondary N) is 2. The Morgan fingerprint density at radius 3 is 2.79 bits per heavy atom. The van der Waals surface area contributed by atoms with Crippen LogP contribution in [0.15, 0.2) is 18.2 Å². The summed E-state index contributed by atoms with van der Waals surface area (Å²) in [7, 11) is 0. The molecule has 1 aromatic carbocycles.